The number of benzene rings is 2. The monoisotopic (exact) mass is 285 g/mol. The van der Waals surface area contributed by atoms with Crippen molar-refractivity contribution < 1.29 is 9.84 Å². The minimum atomic E-state index is -0.500. The van der Waals surface area contributed by atoms with Crippen LogP contribution < -0.4 is 10.1 Å². The van der Waals surface area contributed by atoms with E-state index in [0.717, 1.165) is 24.3 Å². The van der Waals surface area contributed by atoms with Gasteiger partial charge in [-0.25, -0.2) is 0 Å². The molecule has 1 unspecified atom stereocenters. The number of nitrogens with one attached hydrogen (secondary N) is 1. The molecule has 2 N–H and O–H groups in total. The normalized spacial score (nSPS) is 12.1. The summed E-state index contributed by atoms with van der Waals surface area (Å²) in [7, 11) is 0. The van der Waals surface area contributed by atoms with Crippen molar-refractivity contribution in [1.29, 1.82) is 0 Å². The molecule has 2 rings (SSSR count). The Morgan fingerprint density at radius 1 is 1.05 bits per heavy atom. The van der Waals surface area contributed by atoms with Gasteiger partial charge in [0.25, 0.3) is 0 Å². The van der Waals surface area contributed by atoms with E-state index in [-0.39, 0.29) is 0 Å². The first-order valence-electron chi connectivity index (χ1n) is 7.37. The molecule has 0 aliphatic heterocycles. The number of rotatable bonds is 8. The van der Waals surface area contributed by atoms with Crippen molar-refractivity contribution in [2.45, 2.75) is 19.4 Å². The van der Waals surface area contributed by atoms with Gasteiger partial charge in [0.2, 0.25) is 0 Å². The number of hydrogen-bond donors (Lipinski definition) is 2. The predicted molar refractivity (Wildman–Crippen MR) is 85.7 cm³/mol. The van der Waals surface area contributed by atoms with Gasteiger partial charge in [0.1, 0.15) is 18.5 Å². The highest BCUT2D eigenvalue weighted by molar-refractivity contribution is 5.31. The van der Waals surface area contributed by atoms with E-state index in [1.807, 2.05) is 49.4 Å². The van der Waals surface area contributed by atoms with Crippen LogP contribution in [0.1, 0.15) is 11.1 Å². The predicted octanol–water partition coefficient (Wildman–Crippen LogP) is 2.57. The number of para-hydroxylation sites is 1. The van der Waals surface area contributed by atoms with Gasteiger partial charge >= 0.3 is 0 Å². The number of aliphatic hydroxyl groups excluding tert-OH is 1. The van der Waals surface area contributed by atoms with Crippen molar-refractivity contribution in [3.8, 4) is 5.75 Å². The zero-order valence-corrected chi connectivity index (χ0v) is 12.5. The Labute approximate surface area is 126 Å². The zero-order valence-electron chi connectivity index (χ0n) is 12.5. The van der Waals surface area contributed by atoms with Crippen molar-refractivity contribution >= 4 is 0 Å². The molecule has 3 heteroatoms. The summed E-state index contributed by atoms with van der Waals surface area (Å²) >= 11 is 0. The Morgan fingerprint density at radius 2 is 1.76 bits per heavy atom. The molecule has 1 atom stereocenters. The molecule has 0 spiro atoms. The maximum absolute atomic E-state index is 9.91. The molecular formula is C18H23NO2. The summed E-state index contributed by atoms with van der Waals surface area (Å²) in [5, 5.41) is 13.2. The lowest BCUT2D eigenvalue weighted by Gasteiger charge is -2.14. The molecule has 2 aromatic carbocycles. The summed E-state index contributed by atoms with van der Waals surface area (Å²) in [5.74, 6) is 0.834. The molecule has 0 saturated carbocycles. The van der Waals surface area contributed by atoms with Crippen LogP contribution in [0.4, 0.5) is 0 Å². The maximum Gasteiger partial charge on any atom is 0.122 e. The van der Waals surface area contributed by atoms with Crippen LogP contribution in [0.2, 0.25) is 0 Å². The molecular weight excluding hydrogens is 262 g/mol. The Bertz CT molecular complexity index is 528. The van der Waals surface area contributed by atoms with Gasteiger partial charge in [-0.3, -0.25) is 0 Å². The molecule has 3 nitrogen and oxygen atoms in total. The highest BCUT2D eigenvalue weighted by Crippen LogP contribution is 2.16. The zero-order chi connectivity index (χ0) is 14.9. The SMILES string of the molecule is Cc1ccccc1OCC(O)CNCCc1ccccc1. The highest BCUT2D eigenvalue weighted by atomic mass is 16.5. The summed E-state index contributed by atoms with van der Waals surface area (Å²) < 4.78 is 5.62. The molecule has 0 radical (unpaired) electrons. The summed E-state index contributed by atoms with van der Waals surface area (Å²) in [6.07, 6.45) is 0.465. The Kier molecular flexibility index (Phi) is 6.25. The van der Waals surface area contributed by atoms with Crippen molar-refractivity contribution in [3.63, 3.8) is 0 Å². The van der Waals surface area contributed by atoms with Crippen LogP contribution in [0.15, 0.2) is 54.6 Å². The number of hydrogen-bond acceptors (Lipinski definition) is 3. The summed E-state index contributed by atoms with van der Waals surface area (Å²) in [5.41, 5.74) is 2.39. The summed E-state index contributed by atoms with van der Waals surface area (Å²) in [6, 6.07) is 18.2. The number of aliphatic hydroxyl groups is 1. The van der Waals surface area contributed by atoms with E-state index in [0.29, 0.717) is 13.2 Å². The third-order valence-corrected chi connectivity index (χ3v) is 3.34. The second kappa shape index (κ2) is 8.45. The summed E-state index contributed by atoms with van der Waals surface area (Å²) in [6.45, 7) is 3.70. The molecule has 2 aromatic rings. The van der Waals surface area contributed by atoms with E-state index in [4.69, 9.17) is 4.74 Å². The van der Waals surface area contributed by atoms with Crippen LogP contribution in [0, 0.1) is 6.92 Å². The lowest BCUT2D eigenvalue weighted by Crippen LogP contribution is -2.32. The topological polar surface area (TPSA) is 41.5 Å². The van der Waals surface area contributed by atoms with Crippen LogP contribution in [0.3, 0.4) is 0 Å². The van der Waals surface area contributed by atoms with Gasteiger partial charge in [-0.1, -0.05) is 48.5 Å². The molecule has 0 amide bonds. The van der Waals surface area contributed by atoms with Crippen LogP contribution in [0.25, 0.3) is 0 Å². The first kappa shape index (κ1) is 15.5. The molecule has 21 heavy (non-hydrogen) atoms. The molecule has 0 aliphatic rings. The third kappa shape index (κ3) is 5.58. The van der Waals surface area contributed by atoms with Gasteiger partial charge in [0, 0.05) is 6.54 Å². The Morgan fingerprint density at radius 3 is 2.52 bits per heavy atom. The van der Waals surface area contributed by atoms with E-state index in [1.54, 1.807) is 0 Å². The van der Waals surface area contributed by atoms with Crippen LogP contribution in [0.5, 0.6) is 5.75 Å². The second-order valence-electron chi connectivity index (χ2n) is 5.17. The van der Waals surface area contributed by atoms with Gasteiger partial charge in [-0.05, 0) is 37.1 Å². The summed E-state index contributed by atoms with van der Waals surface area (Å²) in [4.78, 5) is 0. The van der Waals surface area contributed by atoms with Crippen molar-refractivity contribution in [3.05, 3.63) is 65.7 Å². The van der Waals surface area contributed by atoms with E-state index in [1.165, 1.54) is 5.56 Å². The highest BCUT2D eigenvalue weighted by Gasteiger charge is 2.06. The fraction of sp³-hybridized carbons (Fsp3) is 0.333. The van der Waals surface area contributed by atoms with Gasteiger partial charge in [-0.15, -0.1) is 0 Å². The molecule has 0 heterocycles. The first-order chi connectivity index (χ1) is 10.3. The average Bonchev–Trinajstić information content (AvgIpc) is 2.52. The number of ether oxygens (including phenoxy) is 1. The van der Waals surface area contributed by atoms with Crippen molar-refractivity contribution in [2.75, 3.05) is 19.7 Å². The minimum absolute atomic E-state index is 0.309. The van der Waals surface area contributed by atoms with E-state index >= 15 is 0 Å². The quantitative estimate of drug-likeness (QED) is 0.733. The molecule has 0 aromatic heterocycles. The molecule has 112 valence electrons. The molecule has 0 saturated heterocycles. The van der Waals surface area contributed by atoms with Gasteiger partial charge < -0.3 is 15.2 Å². The second-order valence-corrected chi connectivity index (χ2v) is 5.17. The lowest BCUT2D eigenvalue weighted by molar-refractivity contribution is 0.106. The maximum atomic E-state index is 9.91. The van der Waals surface area contributed by atoms with Crippen molar-refractivity contribution in [2.24, 2.45) is 0 Å². The van der Waals surface area contributed by atoms with Gasteiger partial charge in [0.05, 0.1) is 0 Å². The number of aryl methyl sites for hydroxylation is 1. The van der Waals surface area contributed by atoms with Crippen molar-refractivity contribution in [1.82, 2.24) is 5.32 Å². The smallest absolute Gasteiger partial charge is 0.122 e. The molecule has 0 aliphatic carbocycles. The lowest BCUT2D eigenvalue weighted by atomic mass is 10.1. The average molecular weight is 285 g/mol. The van der Waals surface area contributed by atoms with Crippen LogP contribution >= 0.6 is 0 Å². The Balaban J connectivity index is 1.62. The largest absolute Gasteiger partial charge is 0.491 e. The van der Waals surface area contributed by atoms with Gasteiger partial charge in [-0.2, -0.15) is 0 Å². The molecule has 0 bridgehead atoms. The van der Waals surface area contributed by atoms with E-state index in [2.05, 4.69) is 17.4 Å². The minimum Gasteiger partial charge on any atom is -0.491 e. The van der Waals surface area contributed by atoms with E-state index in [9.17, 15) is 5.11 Å². The fourth-order valence-electron chi connectivity index (χ4n) is 2.11. The van der Waals surface area contributed by atoms with Crippen LogP contribution in [-0.2, 0) is 6.42 Å². The van der Waals surface area contributed by atoms with E-state index < -0.39 is 6.10 Å². The van der Waals surface area contributed by atoms with Crippen LogP contribution in [-0.4, -0.2) is 30.9 Å². The first-order valence-corrected chi connectivity index (χ1v) is 7.37. The van der Waals surface area contributed by atoms with Gasteiger partial charge in [0.15, 0.2) is 0 Å². The molecule has 0 fully saturated rings. The fourth-order valence-corrected chi connectivity index (χ4v) is 2.11. The third-order valence-electron chi connectivity index (χ3n) is 3.34. The standard InChI is InChI=1S/C18H23NO2/c1-15-7-5-6-10-18(15)21-14-17(20)13-19-12-11-16-8-3-2-4-9-16/h2-10,17,19-20H,11-14H2,1H3. The Hall–Kier alpha value is -1.84.